The van der Waals surface area contributed by atoms with Crippen LogP contribution in [-0.4, -0.2) is 29.1 Å². The highest BCUT2D eigenvalue weighted by Crippen LogP contribution is 2.26. The molecule has 0 saturated heterocycles. The van der Waals surface area contributed by atoms with Crippen LogP contribution in [0.25, 0.3) is 0 Å². The molecule has 1 N–H and O–H groups in total. The summed E-state index contributed by atoms with van der Waals surface area (Å²) in [6.45, 7) is 4.28. The molecule has 1 atom stereocenters. The number of methoxy groups -OCH3 is 1. The van der Waals surface area contributed by atoms with Gasteiger partial charge in [-0.15, -0.1) is 5.10 Å². The molecule has 1 heterocycles. The average molecular weight is 354 g/mol. The molecule has 124 valence electrons. The SMILES string of the molecule is CCCc1nnsc1C(=O)NCC(C)(OC)c1cccc(Cl)c1. The third kappa shape index (κ3) is 4.28. The Balaban J connectivity index is 2.10. The number of ether oxygens (including phenoxy) is 1. The first-order valence-corrected chi connectivity index (χ1v) is 8.56. The van der Waals surface area contributed by atoms with E-state index in [4.69, 9.17) is 16.3 Å². The molecule has 1 aromatic heterocycles. The molecule has 0 aliphatic rings. The molecule has 1 amide bonds. The van der Waals surface area contributed by atoms with Crippen LogP contribution in [0.4, 0.5) is 0 Å². The first-order chi connectivity index (χ1) is 11.0. The summed E-state index contributed by atoms with van der Waals surface area (Å²) in [7, 11) is 1.61. The van der Waals surface area contributed by atoms with Crippen LogP contribution in [-0.2, 0) is 16.8 Å². The molecule has 0 saturated carbocycles. The number of carbonyl (C=O) groups excluding carboxylic acids is 1. The maximum atomic E-state index is 12.4. The standard InChI is InChI=1S/C16H20ClN3O2S/c1-4-6-13-14(23-20-19-13)15(21)18-10-16(2,22-3)11-7-5-8-12(17)9-11/h5,7-9H,4,6,10H2,1-3H3,(H,18,21). The monoisotopic (exact) mass is 353 g/mol. The fraction of sp³-hybridized carbons (Fsp3) is 0.438. The van der Waals surface area contributed by atoms with Gasteiger partial charge in [0.1, 0.15) is 10.5 Å². The second-order valence-corrected chi connectivity index (χ2v) is 6.62. The van der Waals surface area contributed by atoms with Gasteiger partial charge in [0, 0.05) is 12.1 Å². The van der Waals surface area contributed by atoms with E-state index in [1.807, 2.05) is 32.0 Å². The minimum atomic E-state index is -0.663. The van der Waals surface area contributed by atoms with Crippen molar-refractivity contribution in [2.24, 2.45) is 0 Å². The number of nitrogens with one attached hydrogen (secondary N) is 1. The normalized spacial score (nSPS) is 13.6. The van der Waals surface area contributed by atoms with E-state index in [9.17, 15) is 4.79 Å². The van der Waals surface area contributed by atoms with Crippen LogP contribution in [0.1, 0.15) is 41.2 Å². The Hall–Kier alpha value is -1.50. The number of aromatic nitrogens is 2. The molecule has 0 spiro atoms. The molecule has 1 unspecified atom stereocenters. The van der Waals surface area contributed by atoms with Gasteiger partial charge in [0.05, 0.1) is 12.2 Å². The molecule has 0 fully saturated rings. The number of aryl methyl sites for hydroxylation is 1. The molecular weight excluding hydrogens is 334 g/mol. The minimum absolute atomic E-state index is 0.172. The number of carbonyl (C=O) groups is 1. The quantitative estimate of drug-likeness (QED) is 0.828. The van der Waals surface area contributed by atoms with E-state index in [1.165, 1.54) is 0 Å². The smallest absolute Gasteiger partial charge is 0.265 e. The van der Waals surface area contributed by atoms with Crippen molar-refractivity contribution in [1.29, 1.82) is 0 Å². The van der Waals surface area contributed by atoms with Crippen molar-refractivity contribution in [3.63, 3.8) is 0 Å². The van der Waals surface area contributed by atoms with E-state index >= 15 is 0 Å². The number of amides is 1. The topological polar surface area (TPSA) is 64.1 Å². The van der Waals surface area contributed by atoms with Crippen LogP contribution < -0.4 is 5.32 Å². The first kappa shape index (κ1) is 17.8. The third-order valence-electron chi connectivity index (χ3n) is 3.72. The first-order valence-electron chi connectivity index (χ1n) is 7.40. The molecule has 2 aromatic rings. The van der Waals surface area contributed by atoms with E-state index in [-0.39, 0.29) is 5.91 Å². The predicted molar refractivity (Wildman–Crippen MR) is 92.1 cm³/mol. The fourth-order valence-corrected chi connectivity index (χ4v) is 3.03. The Kier molecular flexibility index (Phi) is 6.10. The molecule has 7 heteroatoms. The number of rotatable bonds is 7. The second kappa shape index (κ2) is 7.86. The fourth-order valence-electron chi connectivity index (χ4n) is 2.22. The van der Waals surface area contributed by atoms with Crippen LogP contribution in [0, 0.1) is 0 Å². The summed E-state index contributed by atoms with van der Waals surface area (Å²) in [4.78, 5) is 13.0. The van der Waals surface area contributed by atoms with Crippen molar-refractivity contribution in [2.75, 3.05) is 13.7 Å². The number of halogens is 1. The van der Waals surface area contributed by atoms with Crippen LogP contribution in [0.2, 0.25) is 5.02 Å². The Morgan fingerprint density at radius 2 is 2.26 bits per heavy atom. The summed E-state index contributed by atoms with van der Waals surface area (Å²) < 4.78 is 9.50. The Bertz CT molecular complexity index is 677. The number of nitrogens with zero attached hydrogens (tertiary/aromatic N) is 2. The van der Waals surface area contributed by atoms with E-state index < -0.39 is 5.60 Å². The summed E-state index contributed by atoms with van der Waals surface area (Å²) in [5.74, 6) is -0.172. The van der Waals surface area contributed by atoms with Gasteiger partial charge in [0.25, 0.3) is 5.91 Å². The molecule has 23 heavy (non-hydrogen) atoms. The van der Waals surface area contributed by atoms with Gasteiger partial charge in [-0.25, -0.2) is 0 Å². The van der Waals surface area contributed by atoms with Crippen LogP contribution in [0.5, 0.6) is 0 Å². The summed E-state index contributed by atoms with van der Waals surface area (Å²) in [5, 5.41) is 7.57. The lowest BCUT2D eigenvalue weighted by molar-refractivity contribution is 0.00318. The number of benzene rings is 1. The summed E-state index contributed by atoms with van der Waals surface area (Å²) in [6, 6.07) is 7.44. The summed E-state index contributed by atoms with van der Waals surface area (Å²) in [5.41, 5.74) is 0.990. The van der Waals surface area contributed by atoms with Crippen molar-refractivity contribution >= 4 is 29.0 Å². The zero-order valence-electron chi connectivity index (χ0n) is 13.4. The zero-order chi connectivity index (χ0) is 16.9. The average Bonchev–Trinajstić information content (AvgIpc) is 3.01. The second-order valence-electron chi connectivity index (χ2n) is 5.43. The van der Waals surface area contributed by atoms with Gasteiger partial charge in [-0.3, -0.25) is 4.79 Å². The summed E-state index contributed by atoms with van der Waals surface area (Å²) in [6.07, 6.45) is 1.67. The molecule has 0 radical (unpaired) electrons. The van der Waals surface area contributed by atoms with Gasteiger partial charge >= 0.3 is 0 Å². The van der Waals surface area contributed by atoms with Crippen molar-refractivity contribution in [1.82, 2.24) is 14.9 Å². The van der Waals surface area contributed by atoms with Crippen molar-refractivity contribution in [2.45, 2.75) is 32.3 Å². The van der Waals surface area contributed by atoms with E-state index in [1.54, 1.807) is 13.2 Å². The molecule has 1 aromatic carbocycles. The van der Waals surface area contributed by atoms with E-state index in [2.05, 4.69) is 14.9 Å². The van der Waals surface area contributed by atoms with Crippen molar-refractivity contribution in [3.05, 3.63) is 45.4 Å². The Morgan fingerprint density at radius 3 is 2.91 bits per heavy atom. The van der Waals surface area contributed by atoms with Gasteiger partial charge in [-0.1, -0.05) is 41.6 Å². The van der Waals surface area contributed by atoms with Crippen LogP contribution >= 0.6 is 23.1 Å². The predicted octanol–water partition coefficient (Wildman–Crippen LogP) is 3.44. The molecule has 0 aliphatic heterocycles. The molecular formula is C16H20ClN3O2S. The summed E-state index contributed by atoms with van der Waals surface area (Å²) >= 11 is 7.17. The molecule has 0 bridgehead atoms. The van der Waals surface area contributed by atoms with Gasteiger partial charge in [0.2, 0.25) is 0 Å². The highest BCUT2D eigenvalue weighted by Gasteiger charge is 2.28. The largest absolute Gasteiger partial charge is 0.372 e. The zero-order valence-corrected chi connectivity index (χ0v) is 15.0. The van der Waals surface area contributed by atoms with Crippen LogP contribution in [0.15, 0.2) is 24.3 Å². The lowest BCUT2D eigenvalue weighted by Gasteiger charge is -2.29. The van der Waals surface area contributed by atoms with E-state index in [0.717, 1.165) is 35.6 Å². The maximum absolute atomic E-state index is 12.4. The number of hydrogen-bond donors (Lipinski definition) is 1. The van der Waals surface area contributed by atoms with Crippen molar-refractivity contribution in [3.8, 4) is 0 Å². The Labute approximate surface area is 145 Å². The molecule has 5 nitrogen and oxygen atoms in total. The third-order valence-corrected chi connectivity index (χ3v) is 4.72. The maximum Gasteiger partial charge on any atom is 0.265 e. The van der Waals surface area contributed by atoms with Gasteiger partial charge < -0.3 is 10.1 Å². The Morgan fingerprint density at radius 1 is 1.48 bits per heavy atom. The van der Waals surface area contributed by atoms with Crippen LogP contribution in [0.3, 0.4) is 0 Å². The van der Waals surface area contributed by atoms with Crippen molar-refractivity contribution < 1.29 is 9.53 Å². The number of hydrogen-bond acceptors (Lipinski definition) is 5. The highest BCUT2D eigenvalue weighted by molar-refractivity contribution is 7.08. The lowest BCUT2D eigenvalue weighted by Crippen LogP contribution is -2.40. The molecule has 2 rings (SSSR count). The van der Waals surface area contributed by atoms with Gasteiger partial charge in [-0.2, -0.15) is 0 Å². The van der Waals surface area contributed by atoms with E-state index in [0.29, 0.717) is 16.4 Å². The molecule has 0 aliphatic carbocycles. The highest BCUT2D eigenvalue weighted by atomic mass is 35.5. The lowest BCUT2D eigenvalue weighted by atomic mass is 9.95. The van der Waals surface area contributed by atoms with Gasteiger partial charge in [-0.05, 0) is 42.6 Å². The minimum Gasteiger partial charge on any atom is -0.372 e. The van der Waals surface area contributed by atoms with Gasteiger partial charge in [0.15, 0.2) is 0 Å².